The minimum atomic E-state index is -1.52. The maximum absolute atomic E-state index is 14.7. The second-order valence-corrected chi connectivity index (χ2v) is 9.45. The van der Waals surface area contributed by atoms with E-state index in [1.807, 2.05) is 0 Å². The molecule has 0 spiro atoms. The number of aromatic nitrogens is 1. The zero-order chi connectivity index (χ0) is 26.6. The molecule has 37 heavy (non-hydrogen) atoms. The van der Waals surface area contributed by atoms with Gasteiger partial charge in [0.05, 0.1) is 31.5 Å². The lowest BCUT2D eigenvalue weighted by molar-refractivity contribution is 0.0270. The summed E-state index contributed by atoms with van der Waals surface area (Å²) in [5.74, 6) is 1.36. The molecule has 2 N–H and O–H groups in total. The largest absolute Gasteiger partial charge is 0.497 e. The summed E-state index contributed by atoms with van der Waals surface area (Å²) in [6.07, 6.45) is 2.06. The van der Waals surface area contributed by atoms with Gasteiger partial charge in [-0.05, 0) is 74.5 Å². The molecule has 2 heterocycles. The number of piperidine rings is 1. The quantitative estimate of drug-likeness (QED) is 0.270. The average Bonchev–Trinajstić information content (AvgIpc) is 2.90. The van der Waals surface area contributed by atoms with Gasteiger partial charge in [-0.3, -0.25) is 9.88 Å². The number of likely N-dealkylation sites (tertiary alicyclic amines) is 1. The predicted molar refractivity (Wildman–Crippen MR) is 131 cm³/mol. The van der Waals surface area contributed by atoms with Crippen LogP contribution < -0.4 is 4.74 Å². The second kappa shape index (κ2) is 11.5. The number of nitrogens with zero attached hydrogens (tertiary/aromatic N) is 2. The van der Waals surface area contributed by atoms with Crippen molar-refractivity contribution in [3.8, 4) is 17.6 Å². The Hall–Kier alpha value is -3.19. The molecule has 5 nitrogen and oxygen atoms in total. The van der Waals surface area contributed by atoms with Gasteiger partial charge in [0.1, 0.15) is 11.6 Å². The molecule has 1 fully saturated rings. The minimum Gasteiger partial charge on any atom is -0.497 e. The fourth-order valence-electron chi connectivity index (χ4n) is 4.77. The highest BCUT2D eigenvalue weighted by molar-refractivity contribution is 5.84. The molecule has 2 aromatic carbocycles. The Morgan fingerprint density at radius 3 is 2.43 bits per heavy atom. The van der Waals surface area contributed by atoms with Crippen LogP contribution in [0, 0.1) is 40.5 Å². The summed E-state index contributed by atoms with van der Waals surface area (Å²) >= 11 is 0. The molecular formula is C28H28F4N2O3. The Bertz CT molecular complexity index is 1310. The first kappa shape index (κ1) is 26.9. The van der Waals surface area contributed by atoms with Crippen molar-refractivity contribution < 1.29 is 32.5 Å². The Labute approximate surface area is 212 Å². The summed E-state index contributed by atoms with van der Waals surface area (Å²) in [7, 11) is 1.51. The average molecular weight is 517 g/mol. The molecule has 1 saturated heterocycles. The third-order valence-corrected chi connectivity index (χ3v) is 7.12. The first-order valence-corrected chi connectivity index (χ1v) is 12.0. The van der Waals surface area contributed by atoms with Gasteiger partial charge in [-0.25, -0.2) is 17.6 Å². The van der Waals surface area contributed by atoms with E-state index in [-0.39, 0.29) is 24.2 Å². The van der Waals surface area contributed by atoms with Crippen LogP contribution in [0.1, 0.15) is 42.9 Å². The Morgan fingerprint density at radius 1 is 1.08 bits per heavy atom. The zero-order valence-electron chi connectivity index (χ0n) is 20.4. The van der Waals surface area contributed by atoms with E-state index in [1.54, 1.807) is 18.2 Å². The summed E-state index contributed by atoms with van der Waals surface area (Å²) in [6.45, 7) is 1.53. The van der Waals surface area contributed by atoms with Crippen molar-refractivity contribution in [3.63, 3.8) is 0 Å². The predicted octanol–water partition coefficient (Wildman–Crippen LogP) is 4.74. The Kier molecular flexibility index (Phi) is 8.32. The van der Waals surface area contributed by atoms with Gasteiger partial charge < -0.3 is 14.9 Å². The van der Waals surface area contributed by atoms with Crippen LogP contribution in [-0.4, -0.2) is 53.4 Å². The normalized spacial score (nSPS) is 16.3. The minimum absolute atomic E-state index is 0.0561. The molecule has 0 bridgehead atoms. The smallest absolute Gasteiger partial charge is 0.194 e. The lowest BCUT2D eigenvalue weighted by Crippen LogP contribution is -2.42. The van der Waals surface area contributed by atoms with Crippen molar-refractivity contribution >= 4 is 10.9 Å². The molecule has 0 aliphatic carbocycles. The number of hydrogen-bond acceptors (Lipinski definition) is 5. The van der Waals surface area contributed by atoms with Crippen LogP contribution in [0.3, 0.4) is 0 Å². The van der Waals surface area contributed by atoms with E-state index in [9.17, 15) is 27.8 Å². The van der Waals surface area contributed by atoms with E-state index in [2.05, 4.69) is 21.7 Å². The number of ether oxygens (including phenoxy) is 1. The van der Waals surface area contributed by atoms with Gasteiger partial charge >= 0.3 is 0 Å². The van der Waals surface area contributed by atoms with Crippen LogP contribution in [0.25, 0.3) is 10.9 Å². The summed E-state index contributed by atoms with van der Waals surface area (Å²) in [6, 6.07) is 6.79. The van der Waals surface area contributed by atoms with Crippen molar-refractivity contribution in [2.24, 2.45) is 5.41 Å². The van der Waals surface area contributed by atoms with Gasteiger partial charge in [0.2, 0.25) is 0 Å². The molecule has 1 aliphatic rings. The molecule has 0 unspecified atom stereocenters. The van der Waals surface area contributed by atoms with Gasteiger partial charge in [0, 0.05) is 23.1 Å². The zero-order valence-corrected chi connectivity index (χ0v) is 20.4. The molecule has 0 radical (unpaired) electrons. The van der Waals surface area contributed by atoms with Crippen molar-refractivity contribution in [2.75, 3.05) is 33.4 Å². The van der Waals surface area contributed by atoms with Crippen LogP contribution in [0.4, 0.5) is 17.6 Å². The van der Waals surface area contributed by atoms with Crippen LogP contribution >= 0.6 is 0 Å². The Balaban J connectivity index is 1.37. The topological polar surface area (TPSA) is 65.8 Å². The number of fused-ring (bicyclic) bond motifs is 1. The summed E-state index contributed by atoms with van der Waals surface area (Å²) in [4.78, 5) is 6.14. The van der Waals surface area contributed by atoms with Crippen molar-refractivity contribution in [1.29, 1.82) is 0 Å². The standard InChI is InChI=1S/C28H28F4N2O3/c1-37-19-4-5-24-20(15-19)26(23(31)16-33-24)25(36)6-7-28(17-35)8-11-34(12-9-28)10-2-3-18-13-21(29)27(32)22(30)14-18/h4-5,13-16,25,35-36H,6-12,17H2,1H3/t25-/m1/s1. The molecule has 4 rings (SSSR count). The lowest BCUT2D eigenvalue weighted by atomic mass is 9.74. The summed E-state index contributed by atoms with van der Waals surface area (Å²) in [5, 5.41) is 21.6. The van der Waals surface area contributed by atoms with Crippen molar-refractivity contribution in [3.05, 3.63) is 70.9 Å². The maximum atomic E-state index is 14.7. The third-order valence-electron chi connectivity index (χ3n) is 7.12. The maximum Gasteiger partial charge on any atom is 0.194 e. The molecule has 3 aromatic rings. The number of aliphatic hydroxyl groups excluding tert-OH is 2. The number of methoxy groups -OCH3 is 1. The molecule has 1 aromatic heterocycles. The lowest BCUT2D eigenvalue weighted by Gasteiger charge is -2.40. The fourth-order valence-corrected chi connectivity index (χ4v) is 4.77. The van der Waals surface area contributed by atoms with Crippen LogP contribution in [-0.2, 0) is 0 Å². The van der Waals surface area contributed by atoms with Gasteiger partial charge in [-0.1, -0.05) is 11.8 Å². The second-order valence-electron chi connectivity index (χ2n) is 9.45. The van der Waals surface area contributed by atoms with Gasteiger partial charge in [0.25, 0.3) is 0 Å². The first-order chi connectivity index (χ1) is 17.7. The molecule has 1 aliphatic heterocycles. The highest BCUT2D eigenvalue weighted by atomic mass is 19.2. The summed E-state index contributed by atoms with van der Waals surface area (Å²) in [5.41, 5.74) is 0.345. The molecular weight excluding hydrogens is 488 g/mol. The number of pyridine rings is 1. The number of hydrogen-bond donors (Lipinski definition) is 2. The van der Waals surface area contributed by atoms with E-state index >= 15 is 0 Å². The van der Waals surface area contributed by atoms with Gasteiger partial charge in [0.15, 0.2) is 17.5 Å². The van der Waals surface area contributed by atoms with Crippen molar-refractivity contribution in [1.82, 2.24) is 9.88 Å². The van der Waals surface area contributed by atoms with Crippen LogP contribution in [0.2, 0.25) is 0 Å². The SMILES string of the molecule is COc1ccc2ncc(F)c([C@H](O)CCC3(CO)CCN(CC#Cc4cc(F)c(F)c(F)c4)CC3)c2c1. The monoisotopic (exact) mass is 516 g/mol. The van der Waals surface area contributed by atoms with Crippen molar-refractivity contribution in [2.45, 2.75) is 31.8 Å². The Morgan fingerprint density at radius 2 is 1.78 bits per heavy atom. The molecule has 0 saturated carbocycles. The first-order valence-electron chi connectivity index (χ1n) is 12.0. The third kappa shape index (κ3) is 6.04. The van der Waals surface area contributed by atoms with Crippen LogP contribution in [0.5, 0.6) is 5.75 Å². The number of aliphatic hydroxyl groups is 2. The molecule has 1 atom stereocenters. The van der Waals surface area contributed by atoms with E-state index in [4.69, 9.17) is 4.74 Å². The fraction of sp³-hybridized carbons (Fsp3) is 0.393. The molecule has 0 amide bonds. The van der Waals surface area contributed by atoms with E-state index < -0.39 is 34.8 Å². The van der Waals surface area contributed by atoms with Gasteiger partial charge in [-0.15, -0.1) is 0 Å². The molecule has 196 valence electrons. The van der Waals surface area contributed by atoms with E-state index in [0.29, 0.717) is 55.5 Å². The highest BCUT2D eigenvalue weighted by Gasteiger charge is 2.34. The number of halogens is 4. The summed E-state index contributed by atoms with van der Waals surface area (Å²) < 4.78 is 59.7. The van der Waals surface area contributed by atoms with E-state index in [0.717, 1.165) is 18.3 Å². The number of benzene rings is 2. The van der Waals surface area contributed by atoms with Crippen LogP contribution in [0.15, 0.2) is 36.5 Å². The van der Waals surface area contributed by atoms with Gasteiger partial charge in [-0.2, -0.15) is 0 Å². The highest BCUT2D eigenvalue weighted by Crippen LogP contribution is 2.39. The number of rotatable bonds is 7. The van der Waals surface area contributed by atoms with E-state index in [1.165, 1.54) is 7.11 Å². The molecule has 9 heteroatoms.